The average Bonchev–Trinajstić information content (AvgIpc) is 2.47. The molecule has 0 bridgehead atoms. The maximum Gasteiger partial charge on any atom is 0.165 e. The molecule has 0 radical (unpaired) electrons. The minimum absolute atomic E-state index is 0.0364. The molecule has 1 N–H and O–H groups in total. The normalized spacial score (nSPS) is 11.9. The van der Waals surface area contributed by atoms with Crippen molar-refractivity contribution in [3.8, 4) is 11.5 Å². The third-order valence-electron chi connectivity index (χ3n) is 3.21. The van der Waals surface area contributed by atoms with Crippen molar-refractivity contribution in [3.63, 3.8) is 0 Å². The van der Waals surface area contributed by atoms with Gasteiger partial charge in [0.05, 0.1) is 18.7 Å². The number of anilines is 1. The molecule has 112 valence electrons. The van der Waals surface area contributed by atoms with Crippen LogP contribution in [0.2, 0.25) is 0 Å². The minimum atomic E-state index is -0.362. The molecule has 0 fully saturated rings. The molecule has 0 aromatic heterocycles. The molecule has 1 atom stereocenters. The highest BCUT2D eigenvalue weighted by atomic mass is 79.9. The lowest BCUT2D eigenvalue weighted by atomic mass is 10.1. The molecule has 21 heavy (non-hydrogen) atoms. The van der Waals surface area contributed by atoms with Crippen LogP contribution in [0.5, 0.6) is 11.5 Å². The van der Waals surface area contributed by atoms with E-state index in [0.29, 0.717) is 0 Å². The summed E-state index contributed by atoms with van der Waals surface area (Å²) < 4.78 is 24.7. The van der Waals surface area contributed by atoms with Crippen molar-refractivity contribution < 1.29 is 13.9 Å². The summed E-state index contributed by atoms with van der Waals surface area (Å²) in [7, 11) is 3.07. The van der Waals surface area contributed by atoms with Gasteiger partial charge in [0, 0.05) is 11.7 Å². The number of hydrogen-bond donors (Lipinski definition) is 1. The van der Waals surface area contributed by atoms with Crippen molar-refractivity contribution in [2.75, 3.05) is 19.5 Å². The Morgan fingerprint density at radius 1 is 1.05 bits per heavy atom. The van der Waals surface area contributed by atoms with Gasteiger partial charge >= 0.3 is 0 Å². The Morgan fingerprint density at radius 2 is 1.71 bits per heavy atom. The second-order valence-corrected chi connectivity index (χ2v) is 5.46. The fourth-order valence-corrected chi connectivity index (χ4v) is 2.58. The van der Waals surface area contributed by atoms with Crippen LogP contribution in [0.3, 0.4) is 0 Å². The predicted octanol–water partition coefficient (Wildman–Crippen LogP) is 4.78. The Labute approximate surface area is 132 Å². The van der Waals surface area contributed by atoms with Gasteiger partial charge in [0.25, 0.3) is 0 Å². The number of rotatable bonds is 5. The number of ether oxygens (including phenoxy) is 2. The smallest absolute Gasteiger partial charge is 0.165 e. The van der Waals surface area contributed by atoms with E-state index in [9.17, 15) is 4.39 Å². The maximum absolute atomic E-state index is 13.7. The molecule has 2 rings (SSSR count). The Balaban J connectivity index is 2.15. The van der Waals surface area contributed by atoms with E-state index in [1.807, 2.05) is 31.2 Å². The van der Waals surface area contributed by atoms with Crippen LogP contribution in [-0.4, -0.2) is 14.2 Å². The van der Waals surface area contributed by atoms with Crippen LogP contribution in [0.25, 0.3) is 0 Å². The summed E-state index contributed by atoms with van der Waals surface area (Å²) in [6, 6.07) is 10.6. The molecule has 0 saturated heterocycles. The molecule has 0 aliphatic rings. The number of benzene rings is 2. The van der Waals surface area contributed by atoms with Crippen LogP contribution < -0.4 is 14.8 Å². The second kappa shape index (κ2) is 6.80. The molecule has 0 heterocycles. The zero-order chi connectivity index (χ0) is 15.4. The van der Waals surface area contributed by atoms with Gasteiger partial charge in [0.1, 0.15) is 5.75 Å². The average molecular weight is 354 g/mol. The summed E-state index contributed by atoms with van der Waals surface area (Å²) in [5.74, 6) is 0.654. The predicted molar refractivity (Wildman–Crippen MR) is 85.7 cm³/mol. The molecular weight excluding hydrogens is 337 g/mol. The maximum atomic E-state index is 13.7. The van der Waals surface area contributed by atoms with E-state index in [0.717, 1.165) is 21.5 Å². The standard InChI is InChI=1S/C16H17BrFNO2/c1-10(11-4-6-16(21-3)14(18)8-11)19-12-5-7-15(20-2)13(17)9-12/h4-10,19H,1-3H3. The molecule has 0 amide bonds. The van der Waals surface area contributed by atoms with Gasteiger partial charge in [-0.2, -0.15) is 0 Å². The van der Waals surface area contributed by atoms with Crippen molar-refractivity contribution in [1.82, 2.24) is 0 Å². The van der Waals surface area contributed by atoms with E-state index in [-0.39, 0.29) is 17.6 Å². The summed E-state index contributed by atoms with van der Waals surface area (Å²) >= 11 is 3.44. The van der Waals surface area contributed by atoms with Crippen molar-refractivity contribution in [2.45, 2.75) is 13.0 Å². The Hall–Kier alpha value is -1.75. The van der Waals surface area contributed by atoms with Crippen LogP contribution in [-0.2, 0) is 0 Å². The fourth-order valence-electron chi connectivity index (χ4n) is 2.04. The molecule has 2 aromatic rings. The van der Waals surface area contributed by atoms with Gasteiger partial charge in [-0.1, -0.05) is 6.07 Å². The molecule has 1 unspecified atom stereocenters. The molecule has 5 heteroatoms. The van der Waals surface area contributed by atoms with Gasteiger partial charge in [0.2, 0.25) is 0 Å². The van der Waals surface area contributed by atoms with Crippen molar-refractivity contribution in [3.05, 3.63) is 52.3 Å². The van der Waals surface area contributed by atoms with E-state index >= 15 is 0 Å². The van der Waals surface area contributed by atoms with Crippen LogP contribution in [0.1, 0.15) is 18.5 Å². The number of nitrogens with one attached hydrogen (secondary N) is 1. The van der Waals surface area contributed by atoms with Gasteiger partial charge in [0.15, 0.2) is 11.6 Å². The van der Waals surface area contributed by atoms with Crippen molar-refractivity contribution in [1.29, 1.82) is 0 Å². The third-order valence-corrected chi connectivity index (χ3v) is 3.83. The number of hydrogen-bond acceptors (Lipinski definition) is 3. The summed E-state index contributed by atoms with van der Waals surface area (Å²) in [5.41, 5.74) is 1.77. The van der Waals surface area contributed by atoms with Gasteiger partial charge in [-0.05, 0) is 58.7 Å². The Bertz CT molecular complexity index is 634. The first-order valence-corrected chi connectivity index (χ1v) is 7.28. The Kier molecular flexibility index (Phi) is 5.07. The van der Waals surface area contributed by atoms with E-state index in [2.05, 4.69) is 21.2 Å². The largest absolute Gasteiger partial charge is 0.496 e. The first-order valence-electron chi connectivity index (χ1n) is 6.48. The minimum Gasteiger partial charge on any atom is -0.496 e. The SMILES string of the molecule is COc1ccc(C(C)Nc2ccc(OC)c(Br)c2)cc1F. The fraction of sp³-hybridized carbons (Fsp3) is 0.250. The highest BCUT2D eigenvalue weighted by Crippen LogP contribution is 2.30. The molecule has 0 spiro atoms. The van der Waals surface area contributed by atoms with Gasteiger partial charge < -0.3 is 14.8 Å². The summed E-state index contributed by atoms with van der Waals surface area (Å²) in [6.07, 6.45) is 0. The zero-order valence-corrected chi connectivity index (χ0v) is 13.7. The molecule has 0 aliphatic carbocycles. The van der Waals surface area contributed by atoms with Gasteiger partial charge in [-0.3, -0.25) is 0 Å². The molecule has 3 nitrogen and oxygen atoms in total. The molecular formula is C16H17BrFNO2. The van der Waals surface area contributed by atoms with Crippen molar-refractivity contribution >= 4 is 21.6 Å². The first-order chi connectivity index (χ1) is 10.0. The van der Waals surface area contributed by atoms with E-state index in [4.69, 9.17) is 9.47 Å². The van der Waals surface area contributed by atoms with E-state index in [1.54, 1.807) is 13.2 Å². The van der Waals surface area contributed by atoms with Crippen LogP contribution in [0.15, 0.2) is 40.9 Å². The monoisotopic (exact) mass is 353 g/mol. The summed E-state index contributed by atoms with van der Waals surface area (Å²) in [5, 5.41) is 3.32. The lowest BCUT2D eigenvalue weighted by Crippen LogP contribution is -2.07. The molecule has 0 saturated carbocycles. The van der Waals surface area contributed by atoms with Gasteiger partial charge in [-0.15, -0.1) is 0 Å². The lowest BCUT2D eigenvalue weighted by Gasteiger charge is -2.17. The first kappa shape index (κ1) is 15.6. The number of halogens is 2. The highest BCUT2D eigenvalue weighted by Gasteiger charge is 2.10. The molecule has 2 aromatic carbocycles. The van der Waals surface area contributed by atoms with E-state index in [1.165, 1.54) is 13.2 Å². The highest BCUT2D eigenvalue weighted by molar-refractivity contribution is 9.10. The number of methoxy groups -OCH3 is 2. The van der Waals surface area contributed by atoms with Crippen LogP contribution in [0.4, 0.5) is 10.1 Å². The van der Waals surface area contributed by atoms with Gasteiger partial charge in [-0.25, -0.2) is 4.39 Å². The summed E-state index contributed by atoms with van der Waals surface area (Å²) in [6.45, 7) is 1.97. The topological polar surface area (TPSA) is 30.5 Å². The van der Waals surface area contributed by atoms with E-state index < -0.39 is 0 Å². The zero-order valence-electron chi connectivity index (χ0n) is 12.1. The van der Waals surface area contributed by atoms with Crippen molar-refractivity contribution in [2.24, 2.45) is 0 Å². The van der Waals surface area contributed by atoms with Crippen LogP contribution >= 0.6 is 15.9 Å². The quantitative estimate of drug-likeness (QED) is 0.838. The second-order valence-electron chi connectivity index (χ2n) is 4.61. The third kappa shape index (κ3) is 3.67. The lowest BCUT2D eigenvalue weighted by molar-refractivity contribution is 0.386. The van der Waals surface area contributed by atoms with Crippen LogP contribution in [0, 0.1) is 5.82 Å². The Morgan fingerprint density at radius 3 is 2.29 bits per heavy atom. The summed E-state index contributed by atoms with van der Waals surface area (Å²) in [4.78, 5) is 0. The molecule has 0 aliphatic heterocycles.